The SMILES string of the molecule is Cc1ccccc1CC(C(=O)O)c1ccc(Cl)s1. The van der Waals surface area contributed by atoms with E-state index in [-0.39, 0.29) is 0 Å². The number of thiophene rings is 1. The van der Waals surface area contributed by atoms with E-state index >= 15 is 0 Å². The molecule has 2 rings (SSSR count). The number of hydrogen-bond donors (Lipinski definition) is 1. The van der Waals surface area contributed by atoms with Crippen LogP contribution >= 0.6 is 22.9 Å². The summed E-state index contributed by atoms with van der Waals surface area (Å²) in [6.07, 6.45) is 0.499. The smallest absolute Gasteiger partial charge is 0.312 e. The molecule has 1 N–H and O–H groups in total. The molecule has 1 aromatic carbocycles. The zero-order valence-electron chi connectivity index (χ0n) is 9.89. The van der Waals surface area contributed by atoms with Crippen LogP contribution < -0.4 is 0 Å². The van der Waals surface area contributed by atoms with Crippen molar-refractivity contribution in [3.05, 3.63) is 56.7 Å². The van der Waals surface area contributed by atoms with Gasteiger partial charge in [0.2, 0.25) is 0 Å². The second kappa shape index (κ2) is 5.55. The molecule has 0 amide bonds. The fourth-order valence-corrected chi connectivity index (χ4v) is 3.04. The molecule has 0 aliphatic carbocycles. The number of hydrogen-bond acceptors (Lipinski definition) is 2. The van der Waals surface area contributed by atoms with Crippen LogP contribution in [0.15, 0.2) is 36.4 Å². The van der Waals surface area contributed by atoms with Gasteiger partial charge in [0, 0.05) is 4.88 Å². The summed E-state index contributed by atoms with van der Waals surface area (Å²) in [5, 5.41) is 9.35. The Hall–Kier alpha value is -1.32. The average molecular weight is 281 g/mol. The largest absolute Gasteiger partial charge is 0.481 e. The number of benzene rings is 1. The van der Waals surface area contributed by atoms with Crippen LogP contribution in [0.4, 0.5) is 0 Å². The van der Waals surface area contributed by atoms with Crippen molar-refractivity contribution in [2.24, 2.45) is 0 Å². The van der Waals surface area contributed by atoms with Gasteiger partial charge in [-0.25, -0.2) is 0 Å². The van der Waals surface area contributed by atoms with Crippen LogP contribution in [-0.2, 0) is 11.2 Å². The lowest BCUT2D eigenvalue weighted by molar-refractivity contribution is -0.138. The van der Waals surface area contributed by atoms with Gasteiger partial charge >= 0.3 is 5.97 Å². The van der Waals surface area contributed by atoms with Crippen molar-refractivity contribution >= 4 is 28.9 Å². The van der Waals surface area contributed by atoms with E-state index in [1.54, 1.807) is 12.1 Å². The third-order valence-corrected chi connectivity index (χ3v) is 4.27. The van der Waals surface area contributed by atoms with Gasteiger partial charge in [-0.15, -0.1) is 11.3 Å². The topological polar surface area (TPSA) is 37.3 Å². The molecular formula is C14H13ClO2S. The highest BCUT2D eigenvalue weighted by Gasteiger charge is 2.22. The molecule has 1 aromatic heterocycles. The van der Waals surface area contributed by atoms with Crippen LogP contribution in [0.25, 0.3) is 0 Å². The van der Waals surface area contributed by atoms with Gasteiger partial charge in [-0.3, -0.25) is 4.79 Å². The summed E-state index contributed by atoms with van der Waals surface area (Å²) in [6.45, 7) is 2.00. The molecule has 94 valence electrons. The lowest BCUT2D eigenvalue weighted by Crippen LogP contribution is -2.13. The number of aliphatic carboxylic acids is 1. The van der Waals surface area contributed by atoms with Gasteiger partial charge in [0.1, 0.15) is 0 Å². The molecule has 0 radical (unpaired) electrons. The predicted octanol–water partition coefficient (Wildman–Crippen LogP) is 4.12. The Balaban J connectivity index is 2.28. The summed E-state index contributed by atoms with van der Waals surface area (Å²) in [5.74, 6) is -1.33. The van der Waals surface area contributed by atoms with E-state index in [1.165, 1.54) is 11.3 Å². The third-order valence-electron chi connectivity index (χ3n) is 2.92. The predicted molar refractivity (Wildman–Crippen MR) is 74.6 cm³/mol. The molecule has 0 saturated heterocycles. The monoisotopic (exact) mass is 280 g/mol. The standard InChI is InChI=1S/C14H13ClO2S/c1-9-4-2-3-5-10(9)8-11(14(16)17)12-6-7-13(15)18-12/h2-7,11H,8H2,1H3,(H,16,17). The minimum Gasteiger partial charge on any atom is -0.481 e. The molecule has 0 spiro atoms. The first-order chi connectivity index (χ1) is 8.58. The van der Waals surface area contributed by atoms with Gasteiger partial charge in [-0.1, -0.05) is 35.9 Å². The number of carboxylic acid groups (broad SMARTS) is 1. The quantitative estimate of drug-likeness (QED) is 0.915. The fourth-order valence-electron chi connectivity index (χ4n) is 1.88. The zero-order valence-corrected chi connectivity index (χ0v) is 11.5. The van der Waals surface area contributed by atoms with E-state index in [0.29, 0.717) is 10.8 Å². The number of carbonyl (C=O) groups is 1. The highest BCUT2D eigenvalue weighted by Crippen LogP contribution is 2.31. The molecule has 0 aliphatic heterocycles. The lowest BCUT2D eigenvalue weighted by atomic mass is 9.95. The molecule has 2 aromatic rings. The Bertz CT molecular complexity index is 562. The number of carboxylic acids is 1. The van der Waals surface area contributed by atoms with Crippen molar-refractivity contribution in [1.29, 1.82) is 0 Å². The van der Waals surface area contributed by atoms with Crippen LogP contribution in [0.5, 0.6) is 0 Å². The molecule has 0 aliphatic rings. The summed E-state index contributed by atoms with van der Waals surface area (Å²) in [6, 6.07) is 11.4. The van der Waals surface area contributed by atoms with E-state index < -0.39 is 11.9 Å². The highest BCUT2D eigenvalue weighted by atomic mass is 35.5. The van der Waals surface area contributed by atoms with Crippen LogP contribution in [0.3, 0.4) is 0 Å². The maximum Gasteiger partial charge on any atom is 0.312 e. The third kappa shape index (κ3) is 2.92. The maximum atomic E-state index is 11.4. The van der Waals surface area contributed by atoms with E-state index in [1.807, 2.05) is 31.2 Å². The van der Waals surface area contributed by atoms with Crippen molar-refractivity contribution in [3.8, 4) is 0 Å². The summed E-state index contributed by atoms with van der Waals surface area (Å²) < 4.78 is 0.626. The minimum atomic E-state index is -0.809. The maximum absolute atomic E-state index is 11.4. The Morgan fingerprint density at radius 1 is 1.33 bits per heavy atom. The Labute approximate surface area is 115 Å². The first kappa shape index (κ1) is 13.1. The summed E-state index contributed by atoms with van der Waals surface area (Å²) >= 11 is 7.20. The van der Waals surface area contributed by atoms with E-state index in [0.717, 1.165) is 16.0 Å². The fraction of sp³-hybridized carbons (Fsp3) is 0.214. The van der Waals surface area contributed by atoms with Crippen molar-refractivity contribution < 1.29 is 9.90 Å². The number of aryl methyl sites for hydroxylation is 1. The van der Waals surface area contributed by atoms with Crippen LogP contribution in [-0.4, -0.2) is 11.1 Å². The summed E-state index contributed by atoms with van der Waals surface area (Å²) in [4.78, 5) is 12.2. The molecule has 4 heteroatoms. The molecule has 1 heterocycles. The van der Waals surface area contributed by atoms with Gasteiger partial charge in [-0.2, -0.15) is 0 Å². The van der Waals surface area contributed by atoms with Crippen LogP contribution in [0, 0.1) is 6.92 Å². The second-order valence-electron chi connectivity index (χ2n) is 4.16. The van der Waals surface area contributed by atoms with Crippen LogP contribution in [0.2, 0.25) is 4.34 Å². The number of halogens is 1. The molecule has 1 unspecified atom stereocenters. The first-order valence-electron chi connectivity index (χ1n) is 5.60. The Kier molecular flexibility index (Phi) is 4.04. The molecule has 0 bridgehead atoms. The van der Waals surface area contributed by atoms with Gasteiger partial charge < -0.3 is 5.11 Å². The summed E-state index contributed by atoms with van der Waals surface area (Å²) in [7, 11) is 0. The molecule has 0 fully saturated rings. The highest BCUT2D eigenvalue weighted by molar-refractivity contribution is 7.16. The minimum absolute atomic E-state index is 0.499. The molecule has 2 nitrogen and oxygen atoms in total. The Morgan fingerprint density at radius 2 is 2.06 bits per heavy atom. The second-order valence-corrected chi connectivity index (χ2v) is 5.91. The van der Waals surface area contributed by atoms with Gasteiger partial charge in [0.15, 0.2) is 0 Å². The van der Waals surface area contributed by atoms with Gasteiger partial charge in [-0.05, 0) is 36.6 Å². The van der Waals surface area contributed by atoms with Crippen LogP contribution in [0.1, 0.15) is 21.9 Å². The normalized spacial score (nSPS) is 12.3. The van der Waals surface area contributed by atoms with Crippen molar-refractivity contribution in [3.63, 3.8) is 0 Å². The lowest BCUT2D eigenvalue weighted by Gasteiger charge is -2.12. The van der Waals surface area contributed by atoms with E-state index in [2.05, 4.69) is 0 Å². The molecule has 0 saturated carbocycles. The number of rotatable bonds is 4. The first-order valence-corrected chi connectivity index (χ1v) is 6.80. The molecule has 18 heavy (non-hydrogen) atoms. The van der Waals surface area contributed by atoms with Crippen molar-refractivity contribution in [2.45, 2.75) is 19.3 Å². The van der Waals surface area contributed by atoms with E-state index in [9.17, 15) is 9.90 Å². The van der Waals surface area contributed by atoms with E-state index in [4.69, 9.17) is 11.6 Å². The zero-order chi connectivity index (χ0) is 13.1. The molecular weight excluding hydrogens is 268 g/mol. The Morgan fingerprint density at radius 3 is 2.61 bits per heavy atom. The van der Waals surface area contributed by atoms with Crippen molar-refractivity contribution in [1.82, 2.24) is 0 Å². The van der Waals surface area contributed by atoms with Gasteiger partial charge in [0.25, 0.3) is 0 Å². The van der Waals surface area contributed by atoms with Gasteiger partial charge in [0.05, 0.1) is 10.3 Å². The summed E-state index contributed by atoms with van der Waals surface area (Å²) in [5.41, 5.74) is 2.18. The molecule has 1 atom stereocenters. The average Bonchev–Trinajstić information content (AvgIpc) is 2.74. The van der Waals surface area contributed by atoms with Crippen molar-refractivity contribution in [2.75, 3.05) is 0 Å².